The highest BCUT2D eigenvalue weighted by Gasteiger charge is 2.42. The molecule has 225 valence electrons. The van der Waals surface area contributed by atoms with Crippen LogP contribution in [0, 0.1) is 0 Å². The van der Waals surface area contributed by atoms with Crippen LogP contribution in [0.4, 0.5) is 0 Å². The van der Waals surface area contributed by atoms with Crippen LogP contribution in [-0.4, -0.2) is 89.1 Å². The van der Waals surface area contributed by atoms with Gasteiger partial charge in [-0.05, 0) is 84.9 Å². The highest BCUT2D eigenvalue weighted by molar-refractivity contribution is 6.87. The van der Waals surface area contributed by atoms with Gasteiger partial charge >= 0.3 is 17.4 Å². The van der Waals surface area contributed by atoms with Gasteiger partial charge in [-0.15, -0.1) is 0 Å². The highest BCUT2D eigenvalue weighted by atomic mass is 28.5. The van der Waals surface area contributed by atoms with Crippen LogP contribution in [0.2, 0.25) is 91.2 Å². The van der Waals surface area contributed by atoms with E-state index in [0.717, 1.165) is 12.5 Å². The summed E-state index contributed by atoms with van der Waals surface area (Å²) < 4.78 is 38.6. The van der Waals surface area contributed by atoms with E-state index in [1.54, 1.807) is 6.92 Å². The van der Waals surface area contributed by atoms with E-state index < -0.39 is 57.2 Å². The lowest BCUT2D eigenvalue weighted by Gasteiger charge is -2.38. The maximum atomic E-state index is 12.2. The Morgan fingerprint density at radius 2 is 1.37 bits per heavy atom. The fourth-order valence-electron chi connectivity index (χ4n) is 3.84. The number of carbonyl (C=O) groups excluding carboxylic acids is 1. The molecule has 0 rings (SSSR count). The lowest BCUT2D eigenvalue weighted by atomic mass is 10.3. The summed E-state index contributed by atoms with van der Waals surface area (Å²) in [7, 11) is -11.3. The van der Waals surface area contributed by atoms with Crippen molar-refractivity contribution in [2.75, 3.05) is 26.0 Å². The van der Waals surface area contributed by atoms with Crippen LogP contribution in [0.3, 0.4) is 0 Å². The molecule has 0 aromatic rings. The molecule has 0 bridgehead atoms. The van der Waals surface area contributed by atoms with Gasteiger partial charge in [0.05, 0.1) is 21.5 Å². The molecule has 0 heterocycles. The van der Waals surface area contributed by atoms with Gasteiger partial charge in [-0.2, -0.15) is 0 Å². The van der Waals surface area contributed by atoms with Gasteiger partial charge < -0.3 is 31.3 Å². The molecule has 1 radical (unpaired) electrons. The van der Waals surface area contributed by atoms with Gasteiger partial charge in [0.15, 0.2) is 25.0 Å². The summed E-state index contributed by atoms with van der Waals surface area (Å²) in [5.74, 6) is -0.199. The smallest absolute Gasteiger partial charge is 0.437 e. The fraction of sp³-hybridized carbons (Fsp3) is 0.875. The van der Waals surface area contributed by atoms with Crippen LogP contribution in [0.25, 0.3) is 0 Å². The number of rotatable bonds is 20. The molecule has 0 saturated carbocycles. The lowest BCUT2D eigenvalue weighted by Crippen LogP contribution is -2.55. The zero-order chi connectivity index (χ0) is 30.0. The van der Waals surface area contributed by atoms with Gasteiger partial charge in [-0.25, -0.2) is 0 Å². The monoisotopic (exact) mass is 640 g/mol. The summed E-state index contributed by atoms with van der Waals surface area (Å²) in [6.45, 7) is 34.9. The van der Waals surface area contributed by atoms with Crippen molar-refractivity contribution in [1.29, 1.82) is 0 Å². The van der Waals surface area contributed by atoms with E-state index in [4.69, 9.17) is 25.9 Å². The first-order valence-electron chi connectivity index (χ1n) is 13.7. The van der Waals surface area contributed by atoms with E-state index in [-0.39, 0.29) is 5.91 Å². The Morgan fingerprint density at radius 3 is 1.79 bits per heavy atom. The molecule has 2 atom stereocenters. The molecule has 2 unspecified atom stereocenters. The average Bonchev–Trinajstić information content (AvgIpc) is 2.65. The topological polar surface area (TPSA) is 84.5 Å². The molecule has 0 spiro atoms. The minimum Gasteiger partial charge on any atom is -0.437 e. The predicted octanol–water partition coefficient (Wildman–Crippen LogP) is 5.98. The van der Waals surface area contributed by atoms with Crippen molar-refractivity contribution in [3.8, 4) is 0 Å². The molecule has 1 amide bonds. The van der Waals surface area contributed by atoms with Crippen molar-refractivity contribution >= 4 is 57.0 Å². The Kier molecular flexibility index (Phi) is 16.2. The van der Waals surface area contributed by atoms with Gasteiger partial charge in [0, 0.05) is 31.5 Å². The second-order valence-electron chi connectivity index (χ2n) is 13.5. The van der Waals surface area contributed by atoms with Crippen LogP contribution in [0.5, 0.6) is 0 Å². The van der Waals surface area contributed by atoms with Crippen molar-refractivity contribution in [3.63, 3.8) is 0 Å². The Morgan fingerprint density at radius 1 is 0.868 bits per heavy atom. The normalized spacial score (nSPS) is 15.9. The van der Waals surface area contributed by atoms with E-state index in [1.807, 2.05) is 6.55 Å². The van der Waals surface area contributed by atoms with E-state index in [2.05, 4.69) is 90.5 Å². The van der Waals surface area contributed by atoms with Gasteiger partial charge in [0.25, 0.3) is 0 Å². The third-order valence-corrected chi connectivity index (χ3v) is 20.6. The minimum absolute atomic E-state index is 0.199. The minimum atomic E-state index is -2.95. The first-order valence-corrected chi connectivity index (χ1v) is 31.3. The number of hydrogen-bond acceptors (Lipinski definition) is 7. The average molecular weight is 641 g/mol. The van der Waals surface area contributed by atoms with Crippen molar-refractivity contribution in [2.24, 2.45) is 0 Å². The van der Waals surface area contributed by atoms with Crippen molar-refractivity contribution in [1.82, 2.24) is 5.32 Å². The molecule has 0 saturated heterocycles. The highest BCUT2D eigenvalue weighted by Crippen LogP contribution is 2.25. The lowest BCUT2D eigenvalue weighted by molar-refractivity contribution is -0.118. The van der Waals surface area contributed by atoms with Crippen LogP contribution in [0.15, 0.2) is 12.2 Å². The molecule has 0 aromatic carbocycles. The fourth-order valence-corrected chi connectivity index (χ4v) is 24.3. The zero-order valence-electron chi connectivity index (χ0n) is 26.9. The second-order valence-corrected chi connectivity index (χ2v) is 36.4. The molecular formula is C24H58NO7Si6. The van der Waals surface area contributed by atoms with Gasteiger partial charge in [-0.1, -0.05) is 19.7 Å². The number of carbonyl (C=O) groups is 1. The zero-order valence-corrected chi connectivity index (χ0v) is 32.9. The quantitative estimate of drug-likeness (QED) is 0.0996. The van der Waals surface area contributed by atoms with Crippen LogP contribution >= 0.6 is 0 Å². The number of ether oxygens (including phenoxy) is 1. The third kappa shape index (κ3) is 20.2. The van der Waals surface area contributed by atoms with Gasteiger partial charge in [0.1, 0.15) is 0 Å². The first-order chi connectivity index (χ1) is 16.9. The molecule has 14 heteroatoms. The maximum absolute atomic E-state index is 12.2. The molecule has 0 aliphatic rings. The SMILES string of the molecule is C=C(C)C(=O)NCC(COCCC[Si](C)(O[Si](C)(C)C)O[Si](C)(C)C)O[Si](C)(OC[Si](C)C)O[Si](C)(C)C. The summed E-state index contributed by atoms with van der Waals surface area (Å²) in [5.41, 5.74) is 0.456. The Hall–Kier alpha value is 0.271. The van der Waals surface area contributed by atoms with Crippen LogP contribution < -0.4 is 5.32 Å². The number of amides is 1. The van der Waals surface area contributed by atoms with E-state index in [0.29, 0.717) is 31.6 Å². The van der Waals surface area contributed by atoms with Gasteiger partial charge in [-0.3, -0.25) is 4.79 Å². The van der Waals surface area contributed by atoms with Crippen LogP contribution in [-0.2, 0) is 30.7 Å². The molecule has 0 aliphatic carbocycles. The van der Waals surface area contributed by atoms with Crippen LogP contribution in [0.1, 0.15) is 13.3 Å². The molecular weight excluding hydrogens is 583 g/mol. The molecule has 0 aliphatic heterocycles. The summed E-state index contributed by atoms with van der Waals surface area (Å²) in [6.07, 6.45) is 1.10. The summed E-state index contributed by atoms with van der Waals surface area (Å²) >= 11 is 0. The Labute approximate surface area is 241 Å². The van der Waals surface area contributed by atoms with Crippen molar-refractivity contribution in [3.05, 3.63) is 12.2 Å². The van der Waals surface area contributed by atoms with Crippen molar-refractivity contribution < 1.29 is 30.7 Å². The Bertz CT molecular complexity index is 721. The maximum Gasteiger partial charge on any atom is 0.487 e. The van der Waals surface area contributed by atoms with E-state index in [9.17, 15) is 4.79 Å². The third-order valence-electron chi connectivity index (χ3n) is 4.64. The van der Waals surface area contributed by atoms with E-state index in [1.165, 1.54) is 0 Å². The molecule has 8 nitrogen and oxygen atoms in total. The second kappa shape index (κ2) is 16.1. The van der Waals surface area contributed by atoms with E-state index >= 15 is 0 Å². The summed E-state index contributed by atoms with van der Waals surface area (Å²) in [6, 6.07) is 0.881. The molecule has 0 aromatic heterocycles. The first kappa shape index (κ1) is 38.3. The number of hydrogen-bond donors (Lipinski definition) is 1. The van der Waals surface area contributed by atoms with Crippen molar-refractivity contribution in [2.45, 2.75) is 111 Å². The van der Waals surface area contributed by atoms with Gasteiger partial charge in [0.2, 0.25) is 5.91 Å². The summed E-state index contributed by atoms with van der Waals surface area (Å²) in [5, 5.41) is 2.91. The standard InChI is InChI=1S/C24H58NO7Si6/c1-22(2)24(26)25-19-23(29-38(15,28-21-33(3)4)32-36(11,12)13)20-27-17-16-18-37(14,30-34(5,6)7)31-35(8,9)10/h23H,1,16-21H2,2-15H3,(H,25,26). The Balaban J connectivity index is 5.37. The molecule has 38 heavy (non-hydrogen) atoms. The molecule has 0 fully saturated rings. The number of nitrogens with one attached hydrogen (secondary N) is 1. The molecule has 1 N–H and O–H groups in total. The summed E-state index contributed by atoms with van der Waals surface area (Å²) in [4.78, 5) is 12.2. The largest absolute Gasteiger partial charge is 0.487 e. The predicted molar refractivity (Wildman–Crippen MR) is 173 cm³/mol.